The Balaban J connectivity index is 0.00000341. The molecule has 0 radical (unpaired) electrons. The molecule has 1 atom stereocenters. The number of halogens is 1. The van der Waals surface area contributed by atoms with Gasteiger partial charge >= 0.3 is 0 Å². The lowest BCUT2D eigenvalue weighted by atomic mass is 10.2. The van der Waals surface area contributed by atoms with E-state index in [1.807, 2.05) is 32.4 Å². The molecule has 0 saturated carbocycles. The van der Waals surface area contributed by atoms with Crippen molar-refractivity contribution < 1.29 is 4.79 Å². The van der Waals surface area contributed by atoms with E-state index in [4.69, 9.17) is 4.99 Å². The summed E-state index contributed by atoms with van der Waals surface area (Å²) in [6, 6.07) is 6.12. The average molecular weight is 543 g/mol. The predicted octanol–water partition coefficient (Wildman–Crippen LogP) is 1.73. The van der Waals surface area contributed by atoms with Gasteiger partial charge in [0.25, 0.3) is 0 Å². The maximum absolute atomic E-state index is 12.3. The molecule has 3 heterocycles. The molecule has 174 valence electrons. The van der Waals surface area contributed by atoms with Crippen LogP contribution in [0.5, 0.6) is 0 Å². The highest BCUT2D eigenvalue weighted by Crippen LogP contribution is 2.19. The molecule has 0 aliphatic carbocycles. The van der Waals surface area contributed by atoms with E-state index in [9.17, 15) is 4.79 Å². The summed E-state index contributed by atoms with van der Waals surface area (Å²) in [5.74, 6) is 2.28. The SMILES string of the molecule is CCNC(=NCCCN1CCCC1C(=O)N(C)C)N1CCN(c2ccccn2)CC1.I. The standard InChI is InChI=1S/C22H37N7O.HI/c1-4-23-22(29-17-15-28(16-18-29)20-10-5-6-11-24-20)25-12-8-14-27-13-7-9-19(27)21(30)26(2)3;/h5-6,10-11,19H,4,7-9,12-18H2,1-3H3,(H,23,25);1H. The van der Waals surface area contributed by atoms with Crippen molar-refractivity contribution >= 4 is 41.7 Å². The van der Waals surface area contributed by atoms with E-state index < -0.39 is 0 Å². The summed E-state index contributed by atoms with van der Waals surface area (Å²) in [4.78, 5) is 30.4. The number of guanidine groups is 1. The molecule has 2 fully saturated rings. The van der Waals surface area contributed by atoms with Gasteiger partial charge in [0, 0.05) is 66.1 Å². The maximum atomic E-state index is 12.3. The Morgan fingerprint density at radius 2 is 2.00 bits per heavy atom. The Kier molecular flexibility index (Phi) is 10.8. The number of hydrogen-bond acceptors (Lipinski definition) is 5. The highest BCUT2D eigenvalue weighted by atomic mass is 127. The smallest absolute Gasteiger partial charge is 0.239 e. The molecule has 0 bridgehead atoms. The molecule has 2 saturated heterocycles. The number of carbonyl (C=O) groups is 1. The molecule has 1 N–H and O–H groups in total. The lowest BCUT2D eigenvalue weighted by Gasteiger charge is -2.37. The number of piperazine rings is 1. The average Bonchev–Trinajstić information content (AvgIpc) is 3.24. The lowest BCUT2D eigenvalue weighted by molar-refractivity contribution is -0.133. The lowest BCUT2D eigenvalue weighted by Crippen LogP contribution is -2.52. The fourth-order valence-corrected chi connectivity index (χ4v) is 4.24. The van der Waals surface area contributed by atoms with E-state index >= 15 is 0 Å². The zero-order chi connectivity index (χ0) is 21.3. The second kappa shape index (κ2) is 13.0. The number of hydrogen-bond donors (Lipinski definition) is 1. The van der Waals surface area contributed by atoms with Crippen LogP contribution < -0.4 is 10.2 Å². The minimum Gasteiger partial charge on any atom is -0.357 e. The summed E-state index contributed by atoms with van der Waals surface area (Å²) in [5.41, 5.74) is 0. The first-order valence-corrected chi connectivity index (χ1v) is 11.2. The number of carbonyl (C=O) groups excluding carboxylic acids is 1. The van der Waals surface area contributed by atoms with Crippen LogP contribution >= 0.6 is 24.0 Å². The molecule has 31 heavy (non-hydrogen) atoms. The van der Waals surface area contributed by atoms with Gasteiger partial charge in [-0.2, -0.15) is 0 Å². The van der Waals surface area contributed by atoms with Crippen molar-refractivity contribution in [2.24, 2.45) is 4.99 Å². The van der Waals surface area contributed by atoms with Crippen LogP contribution in [0.1, 0.15) is 26.2 Å². The predicted molar refractivity (Wildman–Crippen MR) is 137 cm³/mol. The van der Waals surface area contributed by atoms with Crippen LogP contribution in [0, 0.1) is 0 Å². The second-order valence-corrected chi connectivity index (χ2v) is 8.18. The summed E-state index contributed by atoms with van der Waals surface area (Å²) >= 11 is 0. The van der Waals surface area contributed by atoms with Crippen LogP contribution in [0.2, 0.25) is 0 Å². The van der Waals surface area contributed by atoms with Crippen LogP contribution in [0.15, 0.2) is 29.4 Å². The van der Waals surface area contributed by atoms with Crippen molar-refractivity contribution in [2.45, 2.75) is 32.2 Å². The molecule has 3 rings (SSSR count). The Bertz CT molecular complexity index is 692. The molecule has 0 spiro atoms. The number of nitrogens with one attached hydrogen (secondary N) is 1. The molecular weight excluding hydrogens is 505 g/mol. The Morgan fingerprint density at radius 3 is 2.65 bits per heavy atom. The maximum Gasteiger partial charge on any atom is 0.239 e. The van der Waals surface area contributed by atoms with E-state index in [0.717, 1.165) is 83.4 Å². The number of likely N-dealkylation sites (N-methyl/N-ethyl adjacent to an activating group) is 1. The summed E-state index contributed by atoms with van der Waals surface area (Å²) in [7, 11) is 3.69. The summed E-state index contributed by atoms with van der Waals surface area (Å²) in [6.07, 6.45) is 4.91. The fourth-order valence-electron chi connectivity index (χ4n) is 4.24. The highest BCUT2D eigenvalue weighted by molar-refractivity contribution is 14.0. The van der Waals surface area contributed by atoms with Gasteiger partial charge < -0.3 is 20.0 Å². The van der Waals surface area contributed by atoms with E-state index in [-0.39, 0.29) is 35.9 Å². The summed E-state index contributed by atoms with van der Waals surface area (Å²) in [5, 5.41) is 3.44. The quantitative estimate of drug-likeness (QED) is 0.245. The van der Waals surface area contributed by atoms with E-state index in [1.54, 1.807) is 4.90 Å². The molecule has 1 aromatic rings. The van der Waals surface area contributed by atoms with E-state index in [0.29, 0.717) is 0 Å². The molecule has 1 unspecified atom stereocenters. The number of aliphatic imine (C=N–C) groups is 1. The molecule has 8 nitrogen and oxygen atoms in total. The van der Waals surface area contributed by atoms with Crippen LogP contribution in [0.3, 0.4) is 0 Å². The first-order chi connectivity index (χ1) is 14.6. The van der Waals surface area contributed by atoms with Gasteiger partial charge in [0.05, 0.1) is 6.04 Å². The van der Waals surface area contributed by atoms with Gasteiger partial charge in [-0.15, -0.1) is 24.0 Å². The minimum absolute atomic E-state index is 0. The van der Waals surface area contributed by atoms with Crippen molar-refractivity contribution in [3.8, 4) is 0 Å². The molecule has 1 amide bonds. The van der Waals surface area contributed by atoms with Crippen LogP contribution in [-0.4, -0.2) is 104 Å². The van der Waals surface area contributed by atoms with Gasteiger partial charge in [0.15, 0.2) is 5.96 Å². The van der Waals surface area contributed by atoms with Crippen molar-refractivity contribution in [1.82, 2.24) is 25.0 Å². The number of rotatable bonds is 7. The van der Waals surface area contributed by atoms with Crippen molar-refractivity contribution in [3.05, 3.63) is 24.4 Å². The monoisotopic (exact) mass is 543 g/mol. The van der Waals surface area contributed by atoms with Gasteiger partial charge in [-0.3, -0.25) is 14.7 Å². The summed E-state index contributed by atoms with van der Waals surface area (Å²) < 4.78 is 0. The number of nitrogens with zero attached hydrogens (tertiary/aromatic N) is 6. The number of likely N-dealkylation sites (tertiary alicyclic amines) is 1. The van der Waals surface area contributed by atoms with Crippen LogP contribution in [0.4, 0.5) is 5.82 Å². The van der Waals surface area contributed by atoms with Gasteiger partial charge in [-0.1, -0.05) is 6.07 Å². The molecular formula is C22H38IN7O. The minimum atomic E-state index is 0. The normalized spacial score (nSPS) is 19.8. The molecule has 2 aliphatic rings. The van der Waals surface area contributed by atoms with E-state index in [2.05, 4.69) is 38.0 Å². The Morgan fingerprint density at radius 1 is 1.23 bits per heavy atom. The Hall–Kier alpha value is -1.62. The molecule has 0 aromatic carbocycles. The third kappa shape index (κ3) is 7.20. The third-order valence-corrected chi connectivity index (χ3v) is 5.84. The topological polar surface area (TPSA) is 67.3 Å². The molecule has 1 aromatic heterocycles. The van der Waals surface area contributed by atoms with Gasteiger partial charge in [0.1, 0.15) is 5.82 Å². The first kappa shape index (κ1) is 25.6. The summed E-state index contributed by atoms with van der Waals surface area (Å²) in [6.45, 7) is 9.48. The number of pyridine rings is 1. The highest BCUT2D eigenvalue weighted by Gasteiger charge is 2.31. The van der Waals surface area contributed by atoms with Crippen LogP contribution in [-0.2, 0) is 4.79 Å². The third-order valence-electron chi connectivity index (χ3n) is 5.84. The van der Waals surface area contributed by atoms with Gasteiger partial charge in [-0.05, 0) is 44.9 Å². The van der Waals surface area contributed by atoms with E-state index in [1.165, 1.54) is 0 Å². The molecule has 9 heteroatoms. The number of anilines is 1. The largest absolute Gasteiger partial charge is 0.357 e. The Labute approximate surface area is 204 Å². The van der Waals surface area contributed by atoms with Gasteiger partial charge in [0.2, 0.25) is 5.91 Å². The molecule has 2 aliphatic heterocycles. The zero-order valence-corrected chi connectivity index (χ0v) is 21.5. The number of aromatic nitrogens is 1. The van der Waals surface area contributed by atoms with Crippen molar-refractivity contribution in [3.63, 3.8) is 0 Å². The van der Waals surface area contributed by atoms with Crippen LogP contribution in [0.25, 0.3) is 0 Å². The zero-order valence-electron chi connectivity index (χ0n) is 19.2. The van der Waals surface area contributed by atoms with Gasteiger partial charge in [-0.25, -0.2) is 4.98 Å². The second-order valence-electron chi connectivity index (χ2n) is 8.18. The van der Waals surface area contributed by atoms with Crippen molar-refractivity contribution in [2.75, 3.05) is 71.4 Å². The van der Waals surface area contributed by atoms with Crippen molar-refractivity contribution in [1.29, 1.82) is 0 Å². The first-order valence-electron chi connectivity index (χ1n) is 11.2. The number of amides is 1. The fraction of sp³-hybridized carbons (Fsp3) is 0.682.